The monoisotopic (exact) mass is 406 g/mol. The zero-order chi connectivity index (χ0) is 20.8. The molecular weight excluding hydrogens is 383 g/mol. The van der Waals surface area contributed by atoms with Crippen molar-refractivity contribution in [1.82, 2.24) is 30.2 Å². The molecule has 1 aliphatic heterocycles. The van der Waals surface area contributed by atoms with E-state index in [1.165, 1.54) is 36.2 Å². The Labute approximate surface area is 167 Å². The highest BCUT2D eigenvalue weighted by molar-refractivity contribution is 5.94. The Hall–Kier alpha value is -3.08. The Morgan fingerprint density at radius 2 is 2.17 bits per heavy atom. The van der Waals surface area contributed by atoms with Crippen LogP contribution in [0.15, 0.2) is 24.5 Å². The van der Waals surface area contributed by atoms with E-state index in [4.69, 9.17) is 9.47 Å². The summed E-state index contributed by atoms with van der Waals surface area (Å²) in [6.45, 7) is 0.965. The quantitative estimate of drug-likeness (QED) is 0.628. The SMILES string of the molecule is COCCNC(=O)c1cn(C[C@@H]2C[C@H](F)CN2C(=O)c2ccc(OC)nc2)nn1. The summed E-state index contributed by atoms with van der Waals surface area (Å²) < 4.78 is 25.4. The van der Waals surface area contributed by atoms with Crippen molar-refractivity contribution in [2.75, 3.05) is 33.9 Å². The number of ether oxygens (including phenoxy) is 2. The number of carbonyl (C=O) groups is 2. The molecular formula is C18H23FN6O4. The fourth-order valence-electron chi connectivity index (χ4n) is 3.14. The first-order valence-corrected chi connectivity index (χ1v) is 9.14. The van der Waals surface area contributed by atoms with Gasteiger partial charge < -0.3 is 19.7 Å². The zero-order valence-corrected chi connectivity index (χ0v) is 16.2. The second-order valence-electron chi connectivity index (χ2n) is 6.61. The van der Waals surface area contributed by atoms with E-state index in [-0.39, 0.29) is 37.0 Å². The molecule has 0 radical (unpaired) electrons. The first-order chi connectivity index (χ1) is 14.0. The van der Waals surface area contributed by atoms with Crippen molar-refractivity contribution in [2.24, 2.45) is 0 Å². The van der Waals surface area contributed by atoms with Gasteiger partial charge in [0, 0.05) is 32.3 Å². The molecule has 29 heavy (non-hydrogen) atoms. The molecule has 156 valence electrons. The summed E-state index contributed by atoms with van der Waals surface area (Å²) in [5, 5.41) is 10.4. The molecule has 0 saturated carbocycles. The van der Waals surface area contributed by atoms with Gasteiger partial charge in [-0.2, -0.15) is 0 Å². The van der Waals surface area contributed by atoms with Crippen LogP contribution in [0.4, 0.5) is 4.39 Å². The number of methoxy groups -OCH3 is 2. The average Bonchev–Trinajstić information content (AvgIpc) is 3.34. The molecule has 0 spiro atoms. The minimum absolute atomic E-state index is 0.00537. The number of pyridine rings is 1. The van der Waals surface area contributed by atoms with Crippen LogP contribution in [0.3, 0.4) is 0 Å². The van der Waals surface area contributed by atoms with E-state index in [1.54, 1.807) is 12.1 Å². The molecule has 0 bridgehead atoms. The Morgan fingerprint density at radius 1 is 1.34 bits per heavy atom. The van der Waals surface area contributed by atoms with Gasteiger partial charge in [-0.1, -0.05) is 5.21 Å². The van der Waals surface area contributed by atoms with Crippen molar-refractivity contribution in [3.63, 3.8) is 0 Å². The van der Waals surface area contributed by atoms with Crippen LogP contribution >= 0.6 is 0 Å². The lowest BCUT2D eigenvalue weighted by Crippen LogP contribution is -2.38. The van der Waals surface area contributed by atoms with Crippen LogP contribution in [0.1, 0.15) is 27.3 Å². The van der Waals surface area contributed by atoms with Crippen LogP contribution in [0.5, 0.6) is 5.88 Å². The number of alkyl halides is 1. The first-order valence-electron chi connectivity index (χ1n) is 9.14. The Balaban J connectivity index is 1.66. The van der Waals surface area contributed by atoms with Crippen LogP contribution in [0, 0.1) is 0 Å². The van der Waals surface area contributed by atoms with Crippen molar-refractivity contribution in [1.29, 1.82) is 0 Å². The maximum atomic E-state index is 14.1. The first kappa shape index (κ1) is 20.6. The third-order valence-electron chi connectivity index (χ3n) is 4.58. The molecule has 10 nitrogen and oxygen atoms in total. The Bertz CT molecular complexity index is 843. The van der Waals surface area contributed by atoms with Crippen LogP contribution < -0.4 is 10.1 Å². The molecule has 2 aromatic heterocycles. The Morgan fingerprint density at radius 3 is 2.86 bits per heavy atom. The van der Waals surface area contributed by atoms with Crippen LogP contribution in [-0.2, 0) is 11.3 Å². The standard InChI is InChI=1S/C18H23FN6O4/c1-28-6-5-20-17(26)15-11-24(23-22-15)10-14-7-13(19)9-25(14)18(27)12-3-4-16(29-2)21-8-12/h3-4,8,11,13-14H,5-7,9-10H2,1-2H3,(H,20,26)/t13-,14-/m0/s1. The van der Waals surface area contributed by atoms with Gasteiger partial charge in [0.2, 0.25) is 5.88 Å². The lowest BCUT2D eigenvalue weighted by atomic mass is 10.2. The van der Waals surface area contributed by atoms with Crippen molar-refractivity contribution in [2.45, 2.75) is 25.2 Å². The Kier molecular flexibility index (Phi) is 6.70. The fourth-order valence-corrected chi connectivity index (χ4v) is 3.14. The number of likely N-dealkylation sites (tertiary alicyclic amines) is 1. The predicted molar refractivity (Wildman–Crippen MR) is 99.4 cm³/mol. The molecule has 2 aromatic rings. The van der Waals surface area contributed by atoms with Crippen LogP contribution in [0.2, 0.25) is 0 Å². The molecule has 3 heterocycles. The third kappa shape index (κ3) is 5.05. The highest BCUT2D eigenvalue weighted by Crippen LogP contribution is 2.24. The lowest BCUT2D eigenvalue weighted by molar-refractivity contribution is 0.0713. The number of carbonyl (C=O) groups excluding carboxylic acids is 2. The predicted octanol–water partition coefficient (Wildman–Crippen LogP) is 0.311. The summed E-state index contributed by atoms with van der Waals surface area (Å²) in [6, 6.07) is 2.76. The summed E-state index contributed by atoms with van der Waals surface area (Å²) >= 11 is 0. The molecule has 11 heteroatoms. The summed E-state index contributed by atoms with van der Waals surface area (Å²) in [6.07, 6.45) is 1.94. The molecule has 0 unspecified atom stereocenters. The molecule has 0 aromatic carbocycles. The van der Waals surface area contributed by atoms with E-state index in [0.29, 0.717) is 24.6 Å². The summed E-state index contributed by atoms with van der Waals surface area (Å²) in [5.41, 5.74) is 0.495. The second kappa shape index (κ2) is 9.41. The summed E-state index contributed by atoms with van der Waals surface area (Å²) in [4.78, 5) is 30.3. The van der Waals surface area contributed by atoms with Gasteiger partial charge in [-0.15, -0.1) is 5.10 Å². The van der Waals surface area contributed by atoms with Gasteiger partial charge in [-0.25, -0.2) is 14.1 Å². The van der Waals surface area contributed by atoms with Crippen molar-refractivity contribution in [3.8, 4) is 5.88 Å². The number of hydrogen-bond acceptors (Lipinski definition) is 7. The van der Waals surface area contributed by atoms with Crippen LogP contribution in [-0.4, -0.2) is 82.8 Å². The topological polar surface area (TPSA) is 111 Å². The van der Waals surface area contributed by atoms with E-state index in [0.717, 1.165) is 0 Å². The molecule has 1 saturated heterocycles. The largest absolute Gasteiger partial charge is 0.481 e. The van der Waals surface area contributed by atoms with Crippen molar-refractivity contribution in [3.05, 3.63) is 35.8 Å². The maximum Gasteiger partial charge on any atom is 0.273 e. The van der Waals surface area contributed by atoms with E-state index in [2.05, 4.69) is 20.6 Å². The fraction of sp³-hybridized carbons (Fsp3) is 0.500. The summed E-state index contributed by atoms with van der Waals surface area (Å²) in [5.74, 6) is -0.301. The molecule has 1 aliphatic rings. The van der Waals surface area contributed by atoms with Gasteiger partial charge in [-0.05, 0) is 6.07 Å². The average molecular weight is 406 g/mol. The second-order valence-corrected chi connectivity index (χ2v) is 6.61. The molecule has 0 aliphatic carbocycles. The molecule has 1 N–H and O–H groups in total. The van der Waals surface area contributed by atoms with Gasteiger partial charge in [0.1, 0.15) is 6.17 Å². The zero-order valence-electron chi connectivity index (χ0n) is 16.2. The van der Waals surface area contributed by atoms with E-state index < -0.39 is 12.2 Å². The number of nitrogens with one attached hydrogen (secondary N) is 1. The minimum atomic E-state index is -1.13. The van der Waals surface area contributed by atoms with Gasteiger partial charge in [0.05, 0.1) is 44.6 Å². The molecule has 3 rings (SSSR count). The highest BCUT2D eigenvalue weighted by Gasteiger charge is 2.36. The normalized spacial score (nSPS) is 18.7. The number of nitrogens with zero attached hydrogens (tertiary/aromatic N) is 5. The highest BCUT2D eigenvalue weighted by atomic mass is 19.1. The van der Waals surface area contributed by atoms with E-state index >= 15 is 0 Å². The van der Waals surface area contributed by atoms with Gasteiger partial charge in [-0.3, -0.25) is 9.59 Å². The van der Waals surface area contributed by atoms with E-state index in [1.807, 2.05) is 0 Å². The number of hydrogen-bond donors (Lipinski definition) is 1. The third-order valence-corrected chi connectivity index (χ3v) is 4.58. The summed E-state index contributed by atoms with van der Waals surface area (Å²) in [7, 11) is 3.02. The molecule has 2 amide bonds. The minimum Gasteiger partial charge on any atom is -0.481 e. The van der Waals surface area contributed by atoms with Gasteiger partial charge >= 0.3 is 0 Å². The lowest BCUT2D eigenvalue weighted by Gasteiger charge is -2.24. The van der Waals surface area contributed by atoms with Crippen molar-refractivity contribution >= 4 is 11.8 Å². The smallest absolute Gasteiger partial charge is 0.273 e. The number of halogens is 1. The maximum absolute atomic E-state index is 14.1. The number of rotatable bonds is 8. The molecule has 1 fully saturated rings. The van der Waals surface area contributed by atoms with Crippen molar-refractivity contribution < 1.29 is 23.5 Å². The number of amides is 2. The van der Waals surface area contributed by atoms with Gasteiger partial charge in [0.15, 0.2) is 5.69 Å². The van der Waals surface area contributed by atoms with Crippen LogP contribution in [0.25, 0.3) is 0 Å². The van der Waals surface area contributed by atoms with Gasteiger partial charge in [0.25, 0.3) is 11.8 Å². The van der Waals surface area contributed by atoms with E-state index in [9.17, 15) is 14.0 Å². The molecule has 2 atom stereocenters. The number of aromatic nitrogens is 4.